The van der Waals surface area contributed by atoms with Gasteiger partial charge < -0.3 is 15.4 Å². The van der Waals surface area contributed by atoms with Crippen LogP contribution in [0, 0.1) is 0 Å². The Kier molecular flexibility index (Phi) is 9.84. The molecule has 21 heavy (non-hydrogen) atoms. The summed E-state index contributed by atoms with van der Waals surface area (Å²) in [5.41, 5.74) is 6.72. The summed E-state index contributed by atoms with van der Waals surface area (Å²) in [4.78, 5) is 13.7. The number of carbonyl (C=O) groups is 1. The van der Waals surface area contributed by atoms with Crippen molar-refractivity contribution in [2.75, 3.05) is 20.2 Å². The van der Waals surface area contributed by atoms with Crippen molar-refractivity contribution < 1.29 is 9.53 Å². The number of hydrogen-bond acceptors (Lipinski definition) is 3. The molecule has 1 rings (SSSR count). The van der Waals surface area contributed by atoms with E-state index in [0.717, 1.165) is 30.8 Å². The normalized spacial score (nSPS) is 11.4. The summed E-state index contributed by atoms with van der Waals surface area (Å²) in [6, 6.07) is 8.05. The number of likely N-dealkylation sites (N-methyl/N-ethyl adjacent to an activating group) is 1. The van der Waals surface area contributed by atoms with Crippen LogP contribution in [0.15, 0.2) is 24.3 Å². The molecular formula is C16H27ClN2O2. The van der Waals surface area contributed by atoms with Crippen molar-refractivity contribution in [2.45, 2.75) is 39.2 Å². The Hall–Kier alpha value is -1.26. The molecule has 1 atom stereocenters. The van der Waals surface area contributed by atoms with Crippen molar-refractivity contribution in [3.8, 4) is 5.75 Å². The third kappa shape index (κ3) is 6.82. The van der Waals surface area contributed by atoms with E-state index >= 15 is 0 Å². The molecule has 1 aromatic rings. The van der Waals surface area contributed by atoms with Gasteiger partial charge in [0.25, 0.3) is 0 Å². The van der Waals surface area contributed by atoms with E-state index in [9.17, 15) is 4.79 Å². The maximum atomic E-state index is 12.0. The minimum atomic E-state index is 0. The van der Waals surface area contributed by atoms with E-state index in [2.05, 4.69) is 6.92 Å². The maximum absolute atomic E-state index is 12.0. The number of carbonyl (C=O) groups excluding carboxylic acids is 1. The molecule has 120 valence electrons. The second-order valence-corrected chi connectivity index (χ2v) is 5.08. The Morgan fingerprint density at radius 1 is 1.33 bits per heavy atom. The molecule has 0 heterocycles. The average Bonchev–Trinajstić information content (AvgIpc) is 2.49. The van der Waals surface area contributed by atoms with Gasteiger partial charge in [0.1, 0.15) is 5.75 Å². The summed E-state index contributed by atoms with van der Waals surface area (Å²) in [5, 5.41) is 0. The topological polar surface area (TPSA) is 55.6 Å². The number of hydrogen-bond donors (Lipinski definition) is 1. The molecule has 0 aromatic heterocycles. The highest BCUT2D eigenvalue weighted by Gasteiger charge is 2.13. The zero-order valence-electron chi connectivity index (χ0n) is 13.2. The second-order valence-electron chi connectivity index (χ2n) is 5.08. The lowest BCUT2D eigenvalue weighted by atomic mass is 10.1. The number of ether oxygens (including phenoxy) is 1. The lowest BCUT2D eigenvalue weighted by Gasteiger charge is -2.23. The lowest BCUT2D eigenvalue weighted by Crippen LogP contribution is -2.39. The highest BCUT2D eigenvalue weighted by atomic mass is 35.5. The molecule has 1 amide bonds. The Bertz CT molecular complexity index is 409. The molecule has 0 fully saturated rings. The fraction of sp³-hybridized carbons (Fsp3) is 0.562. The molecule has 0 radical (unpaired) electrons. The highest BCUT2D eigenvalue weighted by Crippen LogP contribution is 2.14. The predicted octanol–water partition coefficient (Wildman–Crippen LogP) is 2.64. The molecule has 0 aliphatic heterocycles. The minimum Gasteiger partial charge on any atom is -0.494 e. The Morgan fingerprint density at radius 2 is 1.95 bits per heavy atom. The summed E-state index contributed by atoms with van der Waals surface area (Å²) < 4.78 is 5.53. The Morgan fingerprint density at radius 3 is 2.48 bits per heavy atom. The van der Waals surface area contributed by atoms with Crippen LogP contribution < -0.4 is 10.5 Å². The zero-order valence-corrected chi connectivity index (χ0v) is 14.0. The SMILES string of the molecule is CCCOc1ccc(CCC(=O)N(C)C(C)CN)cc1.Cl. The smallest absolute Gasteiger partial charge is 0.222 e. The van der Waals surface area contributed by atoms with Gasteiger partial charge in [-0.25, -0.2) is 0 Å². The van der Waals surface area contributed by atoms with Crippen LogP contribution in [0.5, 0.6) is 5.75 Å². The van der Waals surface area contributed by atoms with Crippen molar-refractivity contribution in [3.63, 3.8) is 0 Å². The number of halogens is 1. The summed E-state index contributed by atoms with van der Waals surface area (Å²) in [6.07, 6.45) is 2.26. The number of benzene rings is 1. The van der Waals surface area contributed by atoms with Crippen molar-refractivity contribution in [3.05, 3.63) is 29.8 Å². The molecule has 0 bridgehead atoms. The third-order valence-electron chi connectivity index (χ3n) is 3.42. The molecule has 0 aliphatic carbocycles. The van der Waals surface area contributed by atoms with E-state index in [1.165, 1.54) is 0 Å². The molecule has 0 saturated carbocycles. The first-order valence-electron chi connectivity index (χ1n) is 7.26. The standard InChI is InChI=1S/C16H26N2O2.ClH/c1-4-11-20-15-8-5-14(6-9-15)7-10-16(19)18(3)13(2)12-17;/h5-6,8-9,13H,4,7,10-12,17H2,1-3H3;1H. The Balaban J connectivity index is 0.00000400. The zero-order chi connectivity index (χ0) is 15.0. The van der Waals surface area contributed by atoms with Gasteiger partial charge in [-0.2, -0.15) is 0 Å². The van der Waals surface area contributed by atoms with E-state index in [1.807, 2.05) is 38.2 Å². The van der Waals surface area contributed by atoms with Gasteiger partial charge in [-0.1, -0.05) is 19.1 Å². The van der Waals surface area contributed by atoms with Crippen LogP contribution in [0.2, 0.25) is 0 Å². The largest absolute Gasteiger partial charge is 0.494 e. The van der Waals surface area contributed by atoms with Crippen LogP contribution in [0.3, 0.4) is 0 Å². The van der Waals surface area contributed by atoms with E-state index < -0.39 is 0 Å². The van der Waals surface area contributed by atoms with Gasteiger partial charge in [0.15, 0.2) is 0 Å². The highest BCUT2D eigenvalue weighted by molar-refractivity contribution is 5.85. The molecule has 2 N–H and O–H groups in total. The molecule has 5 heteroatoms. The number of amides is 1. The van der Waals surface area contributed by atoms with E-state index in [1.54, 1.807) is 4.90 Å². The first kappa shape index (κ1) is 19.7. The molecule has 0 spiro atoms. The lowest BCUT2D eigenvalue weighted by molar-refractivity contribution is -0.131. The summed E-state index contributed by atoms with van der Waals surface area (Å²) in [6.45, 7) is 5.27. The van der Waals surface area contributed by atoms with Gasteiger partial charge in [-0.05, 0) is 37.5 Å². The fourth-order valence-corrected chi connectivity index (χ4v) is 1.80. The Labute approximate surface area is 134 Å². The van der Waals surface area contributed by atoms with Crippen LogP contribution in [0.1, 0.15) is 32.3 Å². The van der Waals surface area contributed by atoms with Crippen molar-refractivity contribution in [1.29, 1.82) is 0 Å². The molecular weight excluding hydrogens is 288 g/mol. The van der Waals surface area contributed by atoms with Crippen LogP contribution >= 0.6 is 12.4 Å². The van der Waals surface area contributed by atoms with E-state index in [4.69, 9.17) is 10.5 Å². The van der Waals surface area contributed by atoms with Crippen molar-refractivity contribution in [2.24, 2.45) is 5.73 Å². The molecule has 0 saturated heterocycles. The van der Waals surface area contributed by atoms with Crippen LogP contribution in [-0.2, 0) is 11.2 Å². The maximum Gasteiger partial charge on any atom is 0.222 e. The number of nitrogens with zero attached hydrogens (tertiary/aromatic N) is 1. The first-order valence-corrected chi connectivity index (χ1v) is 7.26. The van der Waals surface area contributed by atoms with Gasteiger partial charge >= 0.3 is 0 Å². The first-order chi connectivity index (χ1) is 9.58. The number of aryl methyl sites for hydroxylation is 1. The fourth-order valence-electron chi connectivity index (χ4n) is 1.80. The van der Waals surface area contributed by atoms with Gasteiger partial charge in [-0.3, -0.25) is 4.79 Å². The average molecular weight is 315 g/mol. The molecule has 0 aliphatic rings. The van der Waals surface area contributed by atoms with Crippen LogP contribution in [0.25, 0.3) is 0 Å². The number of nitrogens with two attached hydrogens (primary N) is 1. The van der Waals surface area contributed by atoms with Crippen molar-refractivity contribution in [1.82, 2.24) is 4.90 Å². The van der Waals surface area contributed by atoms with Gasteiger partial charge in [0.2, 0.25) is 5.91 Å². The van der Waals surface area contributed by atoms with Gasteiger partial charge in [0, 0.05) is 26.1 Å². The van der Waals surface area contributed by atoms with Crippen molar-refractivity contribution >= 4 is 18.3 Å². The molecule has 1 unspecified atom stereocenters. The van der Waals surface area contributed by atoms with Gasteiger partial charge in [-0.15, -0.1) is 12.4 Å². The molecule has 1 aromatic carbocycles. The van der Waals surface area contributed by atoms with Crippen LogP contribution in [-0.4, -0.2) is 37.0 Å². The van der Waals surface area contributed by atoms with E-state index in [0.29, 0.717) is 13.0 Å². The van der Waals surface area contributed by atoms with E-state index in [-0.39, 0.29) is 24.4 Å². The summed E-state index contributed by atoms with van der Waals surface area (Å²) in [5.74, 6) is 1.02. The summed E-state index contributed by atoms with van der Waals surface area (Å²) in [7, 11) is 1.81. The summed E-state index contributed by atoms with van der Waals surface area (Å²) >= 11 is 0. The predicted molar refractivity (Wildman–Crippen MR) is 89.1 cm³/mol. The second kappa shape index (κ2) is 10.5. The van der Waals surface area contributed by atoms with Gasteiger partial charge in [0.05, 0.1) is 6.61 Å². The molecule has 4 nitrogen and oxygen atoms in total. The third-order valence-corrected chi connectivity index (χ3v) is 3.42. The monoisotopic (exact) mass is 314 g/mol. The quantitative estimate of drug-likeness (QED) is 0.802. The number of rotatable bonds is 8. The minimum absolute atomic E-state index is 0. The van der Waals surface area contributed by atoms with Crippen LogP contribution in [0.4, 0.5) is 0 Å².